The van der Waals surface area contributed by atoms with Crippen molar-refractivity contribution in [3.8, 4) is 0 Å². The van der Waals surface area contributed by atoms with E-state index >= 15 is 0 Å². The first kappa shape index (κ1) is 16.2. The molecular formula is C23H27NO3. The number of hydrogen-bond donors (Lipinski definition) is 0. The molecule has 4 saturated carbocycles. The van der Waals surface area contributed by atoms with Gasteiger partial charge in [-0.3, -0.25) is 4.79 Å². The molecule has 1 aromatic heterocycles. The van der Waals surface area contributed by atoms with Crippen LogP contribution in [0.5, 0.6) is 0 Å². The largest absolute Gasteiger partial charge is 0.453 e. The molecule has 27 heavy (non-hydrogen) atoms. The highest BCUT2D eigenvalue weighted by atomic mass is 16.5. The first-order valence-electron chi connectivity index (χ1n) is 10.6. The summed E-state index contributed by atoms with van der Waals surface area (Å²) in [7, 11) is 0. The molecule has 1 aromatic carbocycles. The molecule has 5 aliphatic rings. The molecule has 1 aliphatic heterocycles. The second-order valence-corrected chi connectivity index (χ2v) is 9.46. The summed E-state index contributed by atoms with van der Waals surface area (Å²) in [5, 5.41) is 1.04. The van der Waals surface area contributed by atoms with E-state index in [0.29, 0.717) is 5.76 Å². The lowest BCUT2D eigenvalue weighted by molar-refractivity contribution is -0.0364. The standard InChI is InChI=1S/C23H27NO3/c25-22(23-12-15-7-16(13-23)9-17(8-15)14-23)21-10-18-1-2-19(11-20(18)27-21)24-3-5-26-6-4-24/h1-2,10-11,15-17H,3-9,12-14H2. The third-order valence-electron chi connectivity index (χ3n) is 7.62. The molecule has 0 N–H and O–H groups in total. The van der Waals surface area contributed by atoms with Crippen LogP contribution in [-0.2, 0) is 4.74 Å². The first-order chi connectivity index (χ1) is 13.2. The van der Waals surface area contributed by atoms with Crippen molar-refractivity contribution < 1.29 is 13.9 Å². The average molecular weight is 365 g/mol. The van der Waals surface area contributed by atoms with Crippen LogP contribution < -0.4 is 4.90 Å². The molecule has 2 heterocycles. The van der Waals surface area contributed by atoms with Crippen LogP contribution in [0.15, 0.2) is 28.7 Å². The molecule has 4 heteroatoms. The summed E-state index contributed by atoms with van der Waals surface area (Å²) in [5.41, 5.74) is 1.87. The predicted molar refractivity (Wildman–Crippen MR) is 104 cm³/mol. The first-order valence-corrected chi connectivity index (χ1v) is 10.6. The maximum absolute atomic E-state index is 13.5. The van der Waals surface area contributed by atoms with Crippen LogP contribution in [0.25, 0.3) is 11.0 Å². The van der Waals surface area contributed by atoms with Gasteiger partial charge in [0.15, 0.2) is 5.76 Å². The Morgan fingerprint density at radius 2 is 1.63 bits per heavy atom. The highest BCUT2D eigenvalue weighted by Crippen LogP contribution is 2.61. The number of carbonyl (C=O) groups is 1. The van der Waals surface area contributed by atoms with Gasteiger partial charge >= 0.3 is 0 Å². The highest BCUT2D eigenvalue weighted by molar-refractivity contribution is 6.02. The van der Waals surface area contributed by atoms with Crippen molar-refractivity contribution in [1.82, 2.24) is 0 Å². The number of nitrogens with zero attached hydrogens (tertiary/aromatic N) is 1. The summed E-state index contributed by atoms with van der Waals surface area (Å²) in [5.74, 6) is 3.20. The number of rotatable bonds is 3. The van der Waals surface area contributed by atoms with Crippen LogP contribution >= 0.6 is 0 Å². The van der Waals surface area contributed by atoms with Gasteiger partial charge in [-0.25, -0.2) is 0 Å². The smallest absolute Gasteiger partial charge is 0.204 e. The predicted octanol–water partition coefficient (Wildman–Crippen LogP) is 4.67. The van der Waals surface area contributed by atoms with Crippen molar-refractivity contribution >= 4 is 22.4 Å². The Kier molecular flexibility index (Phi) is 3.50. The molecule has 4 nitrogen and oxygen atoms in total. The molecule has 1 saturated heterocycles. The lowest BCUT2D eigenvalue weighted by Crippen LogP contribution is -2.49. The van der Waals surface area contributed by atoms with E-state index in [-0.39, 0.29) is 11.2 Å². The summed E-state index contributed by atoms with van der Waals surface area (Å²) in [6, 6.07) is 8.32. The molecule has 4 aliphatic carbocycles. The molecule has 2 aromatic rings. The molecule has 7 rings (SSSR count). The Morgan fingerprint density at radius 1 is 0.963 bits per heavy atom. The number of benzene rings is 1. The lowest BCUT2D eigenvalue weighted by Gasteiger charge is -2.55. The van der Waals surface area contributed by atoms with E-state index in [9.17, 15) is 4.79 Å². The summed E-state index contributed by atoms with van der Waals surface area (Å²) >= 11 is 0. The van der Waals surface area contributed by atoms with Gasteiger partial charge in [-0.2, -0.15) is 0 Å². The van der Waals surface area contributed by atoms with Crippen molar-refractivity contribution in [3.05, 3.63) is 30.0 Å². The molecule has 0 unspecified atom stereocenters. The number of fused-ring (bicyclic) bond motifs is 1. The molecule has 0 spiro atoms. The number of hydrogen-bond acceptors (Lipinski definition) is 4. The quantitative estimate of drug-likeness (QED) is 0.742. The van der Waals surface area contributed by atoms with Gasteiger partial charge in [-0.15, -0.1) is 0 Å². The second-order valence-electron chi connectivity index (χ2n) is 9.46. The number of furan rings is 1. The number of ether oxygens (including phenoxy) is 1. The van der Waals surface area contributed by atoms with E-state index in [0.717, 1.165) is 80.0 Å². The maximum Gasteiger partial charge on any atom is 0.204 e. The fourth-order valence-corrected chi connectivity index (χ4v) is 6.80. The Morgan fingerprint density at radius 3 is 2.30 bits per heavy atom. The van der Waals surface area contributed by atoms with Gasteiger partial charge in [0, 0.05) is 35.6 Å². The van der Waals surface area contributed by atoms with Crippen LogP contribution in [0.3, 0.4) is 0 Å². The van der Waals surface area contributed by atoms with Gasteiger partial charge in [-0.1, -0.05) is 0 Å². The van der Waals surface area contributed by atoms with Gasteiger partial charge in [0.2, 0.25) is 5.78 Å². The number of Topliss-reactive ketones (excluding diaryl/α,β-unsaturated/α-hetero) is 1. The third kappa shape index (κ3) is 2.56. The molecule has 0 amide bonds. The van der Waals surface area contributed by atoms with Gasteiger partial charge < -0.3 is 14.1 Å². The number of morpholine rings is 1. The molecule has 0 radical (unpaired) electrons. The summed E-state index contributed by atoms with van der Waals surface area (Å²) in [4.78, 5) is 15.9. The Labute approximate surface area is 159 Å². The average Bonchev–Trinajstić information content (AvgIpc) is 3.10. The monoisotopic (exact) mass is 365 g/mol. The van der Waals surface area contributed by atoms with Crippen LogP contribution in [0, 0.1) is 23.2 Å². The van der Waals surface area contributed by atoms with Crippen molar-refractivity contribution in [3.63, 3.8) is 0 Å². The van der Waals surface area contributed by atoms with Gasteiger partial charge in [0.1, 0.15) is 5.58 Å². The van der Waals surface area contributed by atoms with Crippen LogP contribution in [-0.4, -0.2) is 32.1 Å². The highest BCUT2D eigenvalue weighted by Gasteiger charge is 2.55. The number of ketones is 1. The SMILES string of the molecule is O=C(c1cc2ccc(N3CCOCC3)cc2o1)C12CC3CC(CC(C3)C1)C2. The van der Waals surface area contributed by atoms with Gasteiger partial charge in [-0.05, 0) is 74.5 Å². The molecular weight excluding hydrogens is 338 g/mol. The van der Waals surface area contributed by atoms with E-state index in [1.807, 2.05) is 6.07 Å². The van der Waals surface area contributed by atoms with Crippen LogP contribution in [0.4, 0.5) is 5.69 Å². The number of anilines is 1. The fourth-order valence-electron chi connectivity index (χ4n) is 6.80. The Bertz CT molecular complexity index is 857. The molecule has 4 bridgehead atoms. The van der Waals surface area contributed by atoms with Crippen molar-refractivity contribution in [2.24, 2.45) is 23.2 Å². The maximum atomic E-state index is 13.5. The fraction of sp³-hybridized carbons (Fsp3) is 0.609. The van der Waals surface area contributed by atoms with Gasteiger partial charge in [0.05, 0.1) is 13.2 Å². The topological polar surface area (TPSA) is 42.7 Å². The molecule has 5 fully saturated rings. The van der Waals surface area contributed by atoms with Crippen molar-refractivity contribution in [2.75, 3.05) is 31.2 Å². The van der Waals surface area contributed by atoms with Crippen molar-refractivity contribution in [2.45, 2.75) is 38.5 Å². The summed E-state index contributed by atoms with van der Waals surface area (Å²) in [6.45, 7) is 3.36. The second kappa shape index (κ2) is 5.84. The van der Waals surface area contributed by atoms with Crippen LogP contribution in [0.2, 0.25) is 0 Å². The Balaban J connectivity index is 1.32. The lowest BCUT2D eigenvalue weighted by atomic mass is 9.48. The summed E-state index contributed by atoms with van der Waals surface area (Å²) in [6.07, 6.45) is 7.34. The minimum Gasteiger partial charge on any atom is -0.453 e. The van der Waals surface area contributed by atoms with E-state index < -0.39 is 0 Å². The number of carbonyl (C=O) groups excluding carboxylic acids is 1. The zero-order valence-electron chi connectivity index (χ0n) is 15.8. The third-order valence-corrected chi connectivity index (χ3v) is 7.62. The van der Waals surface area contributed by atoms with E-state index in [4.69, 9.17) is 9.15 Å². The van der Waals surface area contributed by atoms with Gasteiger partial charge in [0.25, 0.3) is 0 Å². The molecule has 0 atom stereocenters. The summed E-state index contributed by atoms with van der Waals surface area (Å²) < 4.78 is 11.6. The zero-order chi connectivity index (χ0) is 18.0. The minimum absolute atomic E-state index is 0.129. The zero-order valence-corrected chi connectivity index (χ0v) is 15.8. The van der Waals surface area contributed by atoms with Crippen molar-refractivity contribution in [1.29, 1.82) is 0 Å². The normalized spacial score (nSPS) is 35.1. The van der Waals surface area contributed by atoms with E-state index in [1.165, 1.54) is 19.3 Å². The minimum atomic E-state index is -0.129. The molecule has 142 valence electrons. The van der Waals surface area contributed by atoms with E-state index in [1.54, 1.807) is 0 Å². The van der Waals surface area contributed by atoms with E-state index in [2.05, 4.69) is 23.1 Å². The Hall–Kier alpha value is -1.81. The van der Waals surface area contributed by atoms with Crippen LogP contribution in [0.1, 0.15) is 49.1 Å².